The van der Waals surface area contributed by atoms with Crippen molar-refractivity contribution in [3.8, 4) is 22.3 Å². The zero-order valence-electron chi connectivity index (χ0n) is 37.9. The second kappa shape index (κ2) is 15.9. The van der Waals surface area contributed by atoms with Gasteiger partial charge in [-0.2, -0.15) is 0 Å². The average molecular weight is 871 g/mol. The summed E-state index contributed by atoms with van der Waals surface area (Å²) >= 11 is 0. The van der Waals surface area contributed by atoms with Gasteiger partial charge in [-0.3, -0.25) is 0 Å². The van der Waals surface area contributed by atoms with E-state index in [0.29, 0.717) is 0 Å². The summed E-state index contributed by atoms with van der Waals surface area (Å²) in [7, 11) is 4.31. The van der Waals surface area contributed by atoms with Gasteiger partial charge >= 0.3 is 0 Å². The normalized spacial score (nSPS) is 11.7. The molecular weight excluding hydrogens is 825 g/mol. The van der Waals surface area contributed by atoms with Gasteiger partial charge < -0.3 is 18.9 Å². The third kappa shape index (κ3) is 6.29. The summed E-state index contributed by atoms with van der Waals surface area (Å²) in [5.74, 6) is 0. The molecule has 0 unspecified atom stereocenters. The average Bonchev–Trinajstić information content (AvgIpc) is 3.85. The highest BCUT2D eigenvalue weighted by Gasteiger charge is 2.21. The maximum absolute atomic E-state index is 2.37. The number of aryl methyl sites for hydroxylation is 2. The number of fused-ring (bicyclic) bond motifs is 8. The number of hydrogen-bond donors (Lipinski definition) is 0. The zero-order valence-corrected chi connectivity index (χ0v) is 37.9. The van der Waals surface area contributed by atoms with Gasteiger partial charge in [0.2, 0.25) is 0 Å². The van der Waals surface area contributed by atoms with Crippen LogP contribution in [0.5, 0.6) is 0 Å². The van der Waals surface area contributed by atoms with Gasteiger partial charge in [0.25, 0.3) is 0 Å². The molecule has 13 aromatic rings. The van der Waals surface area contributed by atoms with E-state index in [1.807, 2.05) is 0 Å². The first-order valence-electron chi connectivity index (χ1n) is 23.4. The molecule has 0 N–H and O–H groups in total. The third-order valence-electron chi connectivity index (χ3n) is 14.1. The molecule has 0 aliphatic rings. The lowest BCUT2D eigenvalue weighted by atomic mass is 9.86. The van der Waals surface area contributed by atoms with E-state index in [1.165, 1.54) is 87.4 Å². The summed E-state index contributed by atoms with van der Waals surface area (Å²) in [5, 5.41) is 9.94. The highest BCUT2D eigenvalue weighted by atomic mass is 15.1. The number of rotatable bonds is 8. The maximum Gasteiger partial charge on any atom is 0.0490 e. The first kappa shape index (κ1) is 39.5. The highest BCUT2D eigenvalue weighted by molar-refractivity contribution is 6.21. The number of anilines is 6. The van der Waals surface area contributed by atoms with Crippen LogP contribution in [-0.2, 0) is 14.1 Å². The van der Waals surface area contributed by atoms with E-state index in [2.05, 4.69) is 276 Å². The van der Waals surface area contributed by atoms with Crippen molar-refractivity contribution in [2.24, 2.45) is 14.1 Å². The summed E-state index contributed by atoms with van der Waals surface area (Å²) in [6.07, 6.45) is 0. The molecule has 68 heavy (non-hydrogen) atoms. The Bertz CT molecular complexity index is 3710. The Hall–Kier alpha value is -8.86. The molecule has 13 rings (SSSR count). The van der Waals surface area contributed by atoms with Crippen molar-refractivity contribution in [1.82, 2.24) is 9.13 Å². The fraction of sp³-hybridized carbons (Fsp3) is 0.0312. The van der Waals surface area contributed by atoms with Crippen LogP contribution in [0.2, 0.25) is 0 Å². The van der Waals surface area contributed by atoms with E-state index in [1.54, 1.807) is 0 Å². The number of benzene rings is 11. The number of aromatic nitrogens is 2. The smallest absolute Gasteiger partial charge is 0.0490 e. The second-order valence-corrected chi connectivity index (χ2v) is 17.8. The van der Waals surface area contributed by atoms with E-state index in [9.17, 15) is 0 Å². The minimum atomic E-state index is 1.10. The Balaban J connectivity index is 0.913. The SMILES string of the molecule is Cn1c2ccccc2c2cc(N(c3ccccc3)c3ccc(-c4c5ccccc5c(-c5ccc(N(c6ccccc6)c6ccc7c(c6)c6ccccc6n7C)cc5)c5ccccc45)cc3)ccc21. The molecule has 0 spiro atoms. The molecule has 2 heterocycles. The summed E-state index contributed by atoms with van der Waals surface area (Å²) < 4.78 is 4.58. The van der Waals surface area contributed by atoms with Gasteiger partial charge in [0.1, 0.15) is 0 Å². The second-order valence-electron chi connectivity index (χ2n) is 17.8. The van der Waals surface area contributed by atoms with Crippen molar-refractivity contribution in [3.63, 3.8) is 0 Å². The van der Waals surface area contributed by atoms with Gasteiger partial charge in [-0.1, -0.05) is 146 Å². The molecule has 0 amide bonds. The summed E-state index contributed by atoms with van der Waals surface area (Å²) in [6, 6.07) is 88.7. The maximum atomic E-state index is 2.37. The molecule has 0 fully saturated rings. The largest absolute Gasteiger partial charge is 0.344 e. The number of para-hydroxylation sites is 4. The third-order valence-corrected chi connectivity index (χ3v) is 14.1. The lowest BCUT2D eigenvalue weighted by molar-refractivity contribution is 1.01. The van der Waals surface area contributed by atoms with Crippen molar-refractivity contribution in [1.29, 1.82) is 0 Å². The minimum Gasteiger partial charge on any atom is -0.344 e. The van der Waals surface area contributed by atoms with Crippen LogP contribution in [0.25, 0.3) is 87.4 Å². The van der Waals surface area contributed by atoms with Crippen LogP contribution < -0.4 is 9.80 Å². The Kier molecular flexibility index (Phi) is 9.26. The van der Waals surface area contributed by atoms with E-state index >= 15 is 0 Å². The predicted octanol–water partition coefficient (Wildman–Crippen LogP) is 17.6. The molecule has 4 nitrogen and oxygen atoms in total. The Morgan fingerprint density at radius 1 is 0.235 bits per heavy atom. The first-order valence-corrected chi connectivity index (χ1v) is 23.4. The molecule has 0 radical (unpaired) electrons. The van der Waals surface area contributed by atoms with Gasteiger partial charge in [-0.05, 0) is 141 Å². The van der Waals surface area contributed by atoms with Crippen LogP contribution in [0.1, 0.15) is 0 Å². The molecule has 0 aliphatic carbocycles. The number of hydrogen-bond acceptors (Lipinski definition) is 2. The zero-order chi connectivity index (χ0) is 45.3. The molecule has 4 heteroatoms. The fourth-order valence-corrected chi connectivity index (χ4v) is 10.9. The Morgan fingerprint density at radius 3 is 0.882 bits per heavy atom. The van der Waals surface area contributed by atoms with Crippen LogP contribution in [0.15, 0.2) is 243 Å². The summed E-state index contributed by atoms with van der Waals surface area (Å²) in [6.45, 7) is 0. The van der Waals surface area contributed by atoms with E-state index in [-0.39, 0.29) is 0 Å². The van der Waals surface area contributed by atoms with Crippen LogP contribution >= 0.6 is 0 Å². The lowest BCUT2D eigenvalue weighted by Crippen LogP contribution is -2.09. The van der Waals surface area contributed by atoms with Crippen molar-refractivity contribution in [2.75, 3.05) is 9.80 Å². The summed E-state index contributed by atoms with van der Waals surface area (Å²) in [4.78, 5) is 4.74. The van der Waals surface area contributed by atoms with Gasteiger partial charge in [-0.15, -0.1) is 0 Å². The molecule has 322 valence electrons. The van der Waals surface area contributed by atoms with Crippen LogP contribution in [0.4, 0.5) is 34.1 Å². The highest BCUT2D eigenvalue weighted by Crippen LogP contribution is 2.46. The topological polar surface area (TPSA) is 16.3 Å². The quantitative estimate of drug-likeness (QED) is 0.141. The molecule has 0 atom stereocenters. The van der Waals surface area contributed by atoms with Crippen molar-refractivity contribution in [3.05, 3.63) is 243 Å². The van der Waals surface area contributed by atoms with Crippen molar-refractivity contribution < 1.29 is 0 Å². The van der Waals surface area contributed by atoms with Crippen LogP contribution in [0, 0.1) is 0 Å². The van der Waals surface area contributed by atoms with Crippen molar-refractivity contribution >= 4 is 99.3 Å². The van der Waals surface area contributed by atoms with E-state index in [0.717, 1.165) is 34.1 Å². The Labute approximate surface area is 395 Å². The monoisotopic (exact) mass is 870 g/mol. The molecule has 0 aliphatic heterocycles. The van der Waals surface area contributed by atoms with E-state index in [4.69, 9.17) is 0 Å². The number of nitrogens with zero attached hydrogens (tertiary/aromatic N) is 4. The van der Waals surface area contributed by atoms with Gasteiger partial charge in [0, 0.05) is 91.8 Å². The molecule has 0 saturated carbocycles. The van der Waals surface area contributed by atoms with Crippen LogP contribution in [-0.4, -0.2) is 9.13 Å². The molecular formula is C64H46N4. The Morgan fingerprint density at radius 2 is 0.515 bits per heavy atom. The molecule has 0 saturated heterocycles. The predicted molar refractivity (Wildman–Crippen MR) is 290 cm³/mol. The van der Waals surface area contributed by atoms with Gasteiger partial charge in [0.15, 0.2) is 0 Å². The fourth-order valence-electron chi connectivity index (χ4n) is 10.9. The molecule has 11 aromatic carbocycles. The van der Waals surface area contributed by atoms with Crippen molar-refractivity contribution in [2.45, 2.75) is 0 Å². The molecule has 0 bridgehead atoms. The lowest BCUT2D eigenvalue weighted by Gasteiger charge is -2.26. The van der Waals surface area contributed by atoms with E-state index < -0.39 is 0 Å². The van der Waals surface area contributed by atoms with Gasteiger partial charge in [-0.25, -0.2) is 0 Å². The van der Waals surface area contributed by atoms with Gasteiger partial charge in [0.05, 0.1) is 0 Å². The summed E-state index contributed by atoms with van der Waals surface area (Å²) in [5.41, 5.74) is 16.4. The van der Waals surface area contributed by atoms with Crippen LogP contribution in [0.3, 0.4) is 0 Å². The minimum absolute atomic E-state index is 1.10. The molecule has 2 aromatic heterocycles. The standard InChI is InChI=1S/C64H46N4/c1-65-59-27-15-13-21-51(59)57-41-49(37-39-61(57)65)67(45-17-5-3-6-18-45)47-33-29-43(30-34-47)63-53-23-9-11-25-55(53)64(56-26-12-10-24-54(56)63)44-31-35-48(36-32-44)68(46-19-7-4-8-20-46)50-38-40-62-58(42-50)52-22-14-16-28-60(52)66(62)2/h3-42H,1-2H3. The first-order chi connectivity index (χ1) is 33.6.